The molecule has 2 heterocycles. The van der Waals surface area contributed by atoms with E-state index in [1.807, 2.05) is 12.1 Å². The van der Waals surface area contributed by atoms with E-state index in [1.54, 1.807) is 23.3 Å². The first-order valence-electron chi connectivity index (χ1n) is 5.56. The lowest BCUT2D eigenvalue weighted by Crippen LogP contribution is -2.53. The normalized spacial score (nSPS) is 16.7. The highest BCUT2D eigenvalue weighted by Gasteiger charge is 2.47. The molecule has 1 aromatic heterocycles. The number of nitrogens with zero attached hydrogens (tertiary/aromatic N) is 2. The summed E-state index contributed by atoms with van der Waals surface area (Å²) in [6, 6.07) is 6.12. The minimum atomic E-state index is -0.940. The van der Waals surface area contributed by atoms with Gasteiger partial charge in [-0.1, -0.05) is 0 Å². The number of rotatable bonds is 4. The Balaban J connectivity index is 1.90. The van der Waals surface area contributed by atoms with Gasteiger partial charge in [-0.2, -0.15) is 5.26 Å². The molecule has 1 fully saturated rings. The fourth-order valence-corrected chi connectivity index (χ4v) is 3.24. The smallest absolute Gasteiger partial charge is 0.247 e. The Hall–Kier alpha value is -0.900. The summed E-state index contributed by atoms with van der Waals surface area (Å²) in [5, 5.41) is 9.06. The number of hydrogen-bond donors (Lipinski definition) is 0. The molecule has 1 saturated heterocycles. The Bertz CT molecular complexity index is 491. The molecule has 2 rings (SSSR count). The van der Waals surface area contributed by atoms with E-state index in [-0.39, 0.29) is 19.1 Å². The first-order chi connectivity index (χ1) is 8.57. The monoisotopic (exact) mass is 328 g/mol. The molecule has 18 heavy (non-hydrogen) atoms. The number of hydrogen-bond acceptors (Lipinski definition) is 4. The fraction of sp³-hybridized carbons (Fsp3) is 0.500. The molecule has 0 spiro atoms. The SMILES string of the molecule is CN(CCc1ccc(Br)s1)C(=O)C1(C#N)COC1. The van der Waals surface area contributed by atoms with Gasteiger partial charge >= 0.3 is 0 Å². The third-order valence-corrected chi connectivity index (χ3v) is 4.67. The van der Waals surface area contributed by atoms with Crippen molar-refractivity contribution in [2.24, 2.45) is 5.41 Å². The number of nitriles is 1. The Morgan fingerprint density at radius 1 is 1.67 bits per heavy atom. The third-order valence-electron chi connectivity index (χ3n) is 2.99. The molecule has 0 radical (unpaired) electrons. The van der Waals surface area contributed by atoms with Crippen LogP contribution in [0.5, 0.6) is 0 Å². The molecule has 1 aliphatic heterocycles. The minimum absolute atomic E-state index is 0.133. The van der Waals surface area contributed by atoms with Crippen LogP contribution in [-0.2, 0) is 16.0 Å². The molecule has 1 aromatic rings. The summed E-state index contributed by atoms with van der Waals surface area (Å²) in [6.45, 7) is 1.06. The van der Waals surface area contributed by atoms with Gasteiger partial charge in [0.15, 0.2) is 5.41 Å². The Kier molecular flexibility index (Phi) is 4.05. The molecule has 0 N–H and O–H groups in total. The van der Waals surface area contributed by atoms with E-state index in [0.717, 1.165) is 10.2 Å². The minimum Gasteiger partial charge on any atom is -0.377 e. The van der Waals surface area contributed by atoms with Gasteiger partial charge in [-0.25, -0.2) is 0 Å². The highest BCUT2D eigenvalue weighted by Crippen LogP contribution is 2.29. The van der Waals surface area contributed by atoms with E-state index in [9.17, 15) is 4.79 Å². The molecule has 4 nitrogen and oxygen atoms in total. The fourth-order valence-electron chi connectivity index (χ4n) is 1.77. The van der Waals surface area contributed by atoms with Crippen LogP contribution in [0.15, 0.2) is 15.9 Å². The average Bonchev–Trinajstić information content (AvgIpc) is 2.71. The summed E-state index contributed by atoms with van der Waals surface area (Å²) in [5.41, 5.74) is -0.940. The molecule has 6 heteroatoms. The van der Waals surface area contributed by atoms with Crippen molar-refractivity contribution >= 4 is 33.2 Å². The van der Waals surface area contributed by atoms with Crippen molar-refractivity contribution in [3.63, 3.8) is 0 Å². The molecule has 96 valence electrons. The van der Waals surface area contributed by atoms with Gasteiger partial charge in [-0.3, -0.25) is 4.79 Å². The topological polar surface area (TPSA) is 53.3 Å². The average molecular weight is 329 g/mol. The molecule has 0 saturated carbocycles. The maximum absolute atomic E-state index is 12.1. The second-order valence-electron chi connectivity index (χ2n) is 4.37. The van der Waals surface area contributed by atoms with E-state index in [0.29, 0.717) is 6.54 Å². The number of thiophene rings is 1. The zero-order valence-corrected chi connectivity index (χ0v) is 12.4. The van der Waals surface area contributed by atoms with Crippen LogP contribution in [0.2, 0.25) is 0 Å². The Labute approximate surface area is 118 Å². The van der Waals surface area contributed by atoms with Gasteiger partial charge in [0, 0.05) is 18.5 Å². The van der Waals surface area contributed by atoms with E-state index >= 15 is 0 Å². The van der Waals surface area contributed by atoms with Crippen LogP contribution in [0.3, 0.4) is 0 Å². The molecule has 0 unspecified atom stereocenters. The molecule has 0 aliphatic carbocycles. The van der Waals surface area contributed by atoms with Crippen molar-refractivity contribution in [2.45, 2.75) is 6.42 Å². The van der Waals surface area contributed by atoms with Crippen molar-refractivity contribution in [3.8, 4) is 6.07 Å². The maximum Gasteiger partial charge on any atom is 0.247 e. The van der Waals surface area contributed by atoms with Gasteiger partial charge in [0.05, 0.1) is 23.1 Å². The van der Waals surface area contributed by atoms with Crippen molar-refractivity contribution < 1.29 is 9.53 Å². The lowest BCUT2D eigenvalue weighted by atomic mass is 9.86. The van der Waals surface area contributed by atoms with E-state index in [1.165, 1.54) is 4.88 Å². The molecular formula is C12H13BrN2O2S. The summed E-state index contributed by atoms with van der Waals surface area (Å²) < 4.78 is 6.08. The summed E-state index contributed by atoms with van der Waals surface area (Å²) in [7, 11) is 1.74. The highest BCUT2D eigenvalue weighted by molar-refractivity contribution is 9.11. The van der Waals surface area contributed by atoms with Gasteiger partial charge in [0.2, 0.25) is 5.91 Å². The molecule has 1 aliphatic rings. The van der Waals surface area contributed by atoms with Gasteiger partial charge in [-0.15, -0.1) is 11.3 Å². The van der Waals surface area contributed by atoms with E-state index in [2.05, 4.69) is 22.0 Å². The first-order valence-corrected chi connectivity index (χ1v) is 7.17. The van der Waals surface area contributed by atoms with Crippen molar-refractivity contribution in [3.05, 3.63) is 20.8 Å². The van der Waals surface area contributed by atoms with Crippen LogP contribution in [-0.4, -0.2) is 37.6 Å². The van der Waals surface area contributed by atoms with Crippen molar-refractivity contribution in [1.82, 2.24) is 4.90 Å². The van der Waals surface area contributed by atoms with Crippen LogP contribution in [0, 0.1) is 16.7 Å². The Morgan fingerprint density at radius 2 is 2.39 bits per heavy atom. The molecular weight excluding hydrogens is 316 g/mol. The van der Waals surface area contributed by atoms with Crippen LogP contribution >= 0.6 is 27.3 Å². The Morgan fingerprint density at radius 3 is 2.83 bits per heavy atom. The second-order valence-corrected chi connectivity index (χ2v) is 6.92. The lowest BCUT2D eigenvalue weighted by molar-refractivity contribution is -0.159. The molecule has 1 amide bonds. The molecule has 0 atom stereocenters. The molecule has 0 bridgehead atoms. The zero-order valence-electron chi connectivity index (χ0n) is 9.98. The number of likely N-dealkylation sites (N-methyl/N-ethyl adjacent to an activating group) is 1. The predicted octanol–water partition coefficient (Wildman–Crippen LogP) is 2.05. The molecule has 0 aromatic carbocycles. The number of halogens is 1. The van der Waals surface area contributed by atoms with Gasteiger partial charge < -0.3 is 9.64 Å². The van der Waals surface area contributed by atoms with Gasteiger partial charge in [0.25, 0.3) is 0 Å². The quantitative estimate of drug-likeness (QED) is 0.850. The number of carbonyl (C=O) groups is 1. The van der Waals surface area contributed by atoms with Gasteiger partial charge in [0.1, 0.15) is 0 Å². The predicted molar refractivity (Wildman–Crippen MR) is 72.2 cm³/mol. The van der Waals surface area contributed by atoms with Crippen LogP contribution in [0.1, 0.15) is 4.88 Å². The van der Waals surface area contributed by atoms with E-state index < -0.39 is 5.41 Å². The number of amides is 1. The second kappa shape index (κ2) is 5.39. The standard InChI is InChI=1S/C12H13BrN2O2S/c1-15(5-4-9-2-3-10(13)18-9)11(16)12(6-14)7-17-8-12/h2-3H,4-5,7-8H2,1H3. The third kappa shape index (κ3) is 2.58. The van der Waals surface area contributed by atoms with Crippen LogP contribution in [0.4, 0.5) is 0 Å². The summed E-state index contributed by atoms with van der Waals surface area (Å²) in [4.78, 5) is 15.0. The summed E-state index contributed by atoms with van der Waals surface area (Å²) >= 11 is 5.07. The van der Waals surface area contributed by atoms with Crippen molar-refractivity contribution in [1.29, 1.82) is 5.26 Å². The number of ether oxygens (including phenoxy) is 1. The van der Waals surface area contributed by atoms with Gasteiger partial charge in [-0.05, 0) is 34.5 Å². The van der Waals surface area contributed by atoms with Crippen molar-refractivity contribution in [2.75, 3.05) is 26.8 Å². The highest BCUT2D eigenvalue weighted by atomic mass is 79.9. The summed E-state index contributed by atoms with van der Waals surface area (Å²) in [6.07, 6.45) is 0.806. The maximum atomic E-state index is 12.1. The number of carbonyl (C=O) groups excluding carboxylic acids is 1. The lowest BCUT2D eigenvalue weighted by Gasteiger charge is -2.36. The first kappa shape index (κ1) is 13.5. The van der Waals surface area contributed by atoms with Crippen LogP contribution in [0.25, 0.3) is 0 Å². The largest absolute Gasteiger partial charge is 0.377 e. The summed E-state index contributed by atoms with van der Waals surface area (Å²) in [5.74, 6) is -0.133. The zero-order chi connectivity index (χ0) is 13.2. The van der Waals surface area contributed by atoms with E-state index in [4.69, 9.17) is 10.00 Å². The van der Waals surface area contributed by atoms with Crippen LogP contribution < -0.4 is 0 Å².